The van der Waals surface area contributed by atoms with Gasteiger partial charge in [-0.15, -0.1) is 11.3 Å². The summed E-state index contributed by atoms with van der Waals surface area (Å²) in [6.07, 6.45) is 2.25. The number of anilines is 4. The average Bonchev–Trinajstić information content (AvgIpc) is 3.54. The molecule has 1 aromatic carbocycles. The fourth-order valence-electron chi connectivity index (χ4n) is 3.90. The van der Waals surface area contributed by atoms with E-state index in [1.165, 1.54) is 17.5 Å². The first-order chi connectivity index (χ1) is 17.0. The minimum absolute atomic E-state index is 0.0388. The number of hydrogen-bond donors (Lipinski definition) is 3. The summed E-state index contributed by atoms with van der Waals surface area (Å²) in [6, 6.07) is 8.79. The van der Waals surface area contributed by atoms with Gasteiger partial charge in [-0.3, -0.25) is 4.79 Å². The Morgan fingerprint density at radius 2 is 2.00 bits per heavy atom. The summed E-state index contributed by atoms with van der Waals surface area (Å²) < 4.78 is 10.7. The third-order valence-corrected chi connectivity index (χ3v) is 6.41. The second kappa shape index (κ2) is 9.58. The lowest BCUT2D eigenvalue weighted by Gasteiger charge is -2.18. The molecule has 5 rings (SSSR count). The normalized spacial score (nSPS) is 15.3. The molecule has 0 spiro atoms. The number of thiazole rings is 1. The standard InChI is InChI=1S/C23H24N8O3S/c1-33-16-5-4-14(9-17(16)34-2)27-20-19-22(35-12-26-19)30-23(29-20)31-8-7-15(11-31)28-21(32)13-3-6-18(24)25-10-13/h3-6,9-10,12,15H,7-8,11H2,1-2H3,(H2,24,25)(H,28,32)(H,27,29,30). The van der Waals surface area contributed by atoms with Crippen molar-refractivity contribution in [3.63, 3.8) is 0 Å². The third-order valence-electron chi connectivity index (χ3n) is 5.69. The van der Waals surface area contributed by atoms with E-state index in [0.29, 0.717) is 53.3 Å². The number of nitrogens with two attached hydrogens (primary N) is 1. The van der Waals surface area contributed by atoms with E-state index in [1.54, 1.807) is 31.9 Å². The van der Waals surface area contributed by atoms with E-state index in [0.717, 1.165) is 16.9 Å². The summed E-state index contributed by atoms with van der Waals surface area (Å²) in [5.41, 5.74) is 9.30. The number of ether oxygens (including phenoxy) is 2. The van der Waals surface area contributed by atoms with Crippen LogP contribution in [0.4, 0.5) is 23.3 Å². The number of pyridine rings is 1. The van der Waals surface area contributed by atoms with Crippen molar-refractivity contribution in [1.29, 1.82) is 0 Å². The van der Waals surface area contributed by atoms with Crippen molar-refractivity contribution in [3.05, 3.63) is 47.6 Å². The average molecular weight is 493 g/mol. The molecule has 0 radical (unpaired) electrons. The van der Waals surface area contributed by atoms with Gasteiger partial charge in [0.1, 0.15) is 11.3 Å². The monoisotopic (exact) mass is 492 g/mol. The largest absolute Gasteiger partial charge is 0.493 e. The predicted molar refractivity (Wildman–Crippen MR) is 135 cm³/mol. The highest BCUT2D eigenvalue weighted by Gasteiger charge is 2.27. The summed E-state index contributed by atoms with van der Waals surface area (Å²) in [6.45, 7) is 1.30. The number of hydrogen-bond acceptors (Lipinski definition) is 11. The Labute approximate surface area is 205 Å². The predicted octanol–water partition coefficient (Wildman–Crippen LogP) is 2.83. The van der Waals surface area contributed by atoms with Gasteiger partial charge >= 0.3 is 0 Å². The molecular weight excluding hydrogens is 468 g/mol. The molecule has 1 fully saturated rings. The quantitative estimate of drug-likeness (QED) is 0.353. The lowest BCUT2D eigenvalue weighted by molar-refractivity contribution is 0.0940. The van der Waals surface area contributed by atoms with Crippen LogP contribution in [0.25, 0.3) is 10.3 Å². The van der Waals surface area contributed by atoms with E-state index in [9.17, 15) is 4.79 Å². The van der Waals surface area contributed by atoms with Crippen LogP contribution >= 0.6 is 11.3 Å². The van der Waals surface area contributed by atoms with Crippen molar-refractivity contribution >= 4 is 50.9 Å². The van der Waals surface area contributed by atoms with Crippen LogP contribution in [0.3, 0.4) is 0 Å². The van der Waals surface area contributed by atoms with E-state index in [1.807, 2.05) is 18.2 Å². The van der Waals surface area contributed by atoms with Crippen molar-refractivity contribution in [2.24, 2.45) is 0 Å². The molecule has 0 saturated carbocycles. The first kappa shape index (κ1) is 22.6. The maximum absolute atomic E-state index is 12.6. The molecule has 4 heterocycles. The van der Waals surface area contributed by atoms with Gasteiger partial charge < -0.3 is 30.7 Å². The van der Waals surface area contributed by atoms with Crippen molar-refractivity contribution in [1.82, 2.24) is 25.3 Å². The van der Waals surface area contributed by atoms with Crippen molar-refractivity contribution in [2.45, 2.75) is 12.5 Å². The van der Waals surface area contributed by atoms with Gasteiger partial charge in [0.05, 0.1) is 25.3 Å². The fraction of sp³-hybridized carbons (Fsp3) is 0.261. The number of carbonyl (C=O) groups excluding carboxylic acids is 1. The SMILES string of the molecule is COc1ccc(Nc2nc(N3CCC(NC(=O)c4ccc(N)nc4)C3)nc3scnc23)cc1OC. The lowest BCUT2D eigenvalue weighted by Crippen LogP contribution is -2.37. The number of nitrogen functional groups attached to an aromatic ring is 1. The van der Waals surface area contributed by atoms with Crippen LogP contribution in [-0.2, 0) is 0 Å². The van der Waals surface area contributed by atoms with Gasteiger partial charge in [0, 0.05) is 37.1 Å². The maximum Gasteiger partial charge on any atom is 0.253 e. The van der Waals surface area contributed by atoms with Gasteiger partial charge in [-0.05, 0) is 30.7 Å². The van der Waals surface area contributed by atoms with Gasteiger partial charge in [-0.2, -0.15) is 9.97 Å². The molecule has 0 bridgehead atoms. The highest BCUT2D eigenvalue weighted by Crippen LogP contribution is 2.33. The van der Waals surface area contributed by atoms with Crippen molar-refractivity contribution in [2.75, 3.05) is 43.3 Å². The fourth-order valence-corrected chi connectivity index (χ4v) is 4.55. The molecule has 1 aliphatic heterocycles. The molecule has 0 aliphatic carbocycles. The minimum Gasteiger partial charge on any atom is -0.493 e. The topological polar surface area (TPSA) is 140 Å². The van der Waals surface area contributed by atoms with E-state index in [2.05, 4.69) is 25.5 Å². The Bertz CT molecular complexity index is 1360. The van der Waals surface area contributed by atoms with Crippen LogP contribution in [0, 0.1) is 0 Å². The maximum atomic E-state index is 12.6. The molecule has 11 nitrogen and oxygen atoms in total. The van der Waals surface area contributed by atoms with Gasteiger partial charge in [0.25, 0.3) is 5.91 Å². The number of fused-ring (bicyclic) bond motifs is 1. The number of methoxy groups -OCH3 is 2. The summed E-state index contributed by atoms with van der Waals surface area (Å²) in [4.78, 5) is 33.3. The number of aromatic nitrogens is 4. The summed E-state index contributed by atoms with van der Waals surface area (Å²) >= 11 is 1.45. The first-order valence-electron chi connectivity index (χ1n) is 10.9. The molecule has 12 heteroatoms. The smallest absolute Gasteiger partial charge is 0.253 e. The molecule has 1 amide bonds. The lowest BCUT2D eigenvalue weighted by atomic mass is 10.2. The van der Waals surface area contributed by atoms with Gasteiger partial charge in [-0.1, -0.05) is 0 Å². The van der Waals surface area contributed by atoms with Gasteiger partial charge in [0.2, 0.25) is 5.95 Å². The van der Waals surface area contributed by atoms with Crippen LogP contribution in [-0.4, -0.2) is 59.2 Å². The Hall–Kier alpha value is -4.19. The molecule has 35 heavy (non-hydrogen) atoms. The highest BCUT2D eigenvalue weighted by molar-refractivity contribution is 7.16. The summed E-state index contributed by atoms with van der Waals surface area (Å²) in [5, 5.41) is 6.39. The molecule has 180 valence electrons. The Morgan fingerprint density at radius 3 is 2.77 bits per heavy atom. The Balaban J connectivity index is 1.34. The summed E-state index contributed by atoms with van der Waals surface area (Å²) in [7, 11) is 3.19. The van der Waals surface area contributed by atoms with Crippen molar-refractivity contribution in [3.8, 4) is 11.5 Å². The molecule has 4 aromatic rings. The molecule has 3 aromatic heterocycles. The van der Waals surface area contributed by atoms with E-state index in [4.69, 9.17) is 25.2 Å². The second-order valence-electron chi connectivity index (χ2n) is 7.95. The van der Waals surface area contributed by atoms with Crippen LogP contribution < -0.4 is 30.7 Å². The van der Waals surface area contributed by atoms with Crippen LogP contribution in [0.5, 0.6) is 11.5 Å². The molecule has 1 atom stereocenters. The zero-order chi connectivity index (χ0) is 24.4. The number of nitrogens with one attached hydrogen (secondary N) is 2. The Morgan fingerprint density at radius 1 is 1.14 bits per heavy atom. The first-order valence-corrected chi connectivity index (χ1v) is 11.8. The molecule has 1 unspecified atom stereocenters. The molecule has 4 N–H and O–H groups in total. The highest BCUT2D eigenvalue weighted by atomic mass is 32.1. The van der Waals surface area contributed by atoms with Crippen LogP contribution in [0.1, 0.15) is 16.8 Å². The molecule has 1 saturated heterocycles. The number of carbonyl (C=O) groups is 1. The zero-order valence-electron chi connectivity index (χ0n) is 19.2. The van der Waals surface area contributed by atoms with E-state index in [-0.39, 0.29) is 11.9 Å². The second-order valence-corrected chi connectivity index (χ2v) is 8.78. The summed E-state index contributed by atoms with van der Waals surface area (Å²) in [5.74, 6) is 2.62. The Kier molecular flexibility index (Phi) is 6.19. The van der Waals surface area contributed by atoms with E-state index < -0.39 is 0 Å². The van der Waals surface area contributed by atoms with Gasteiger partial charge in [-0.25, -0.2) is 9.97 Å². The number of nitrogens with zero attached hydrogens (tertiary/aromatic N) is 5. The number of rotatable bonds is 7. The van der Waals surface area contributed by atoms with Crippen LogP contribution in [0.2, 0.25) is 0 Å². The third kappa shape index (κ3) is 4.73. The number of amides is 1. The molecule has 1 aliphatic rings. The van der Waals surface area contributed by atoms with Crippen LogP contribution in [0.15, 0.2) is 42.0 Å². The molecular formula is C23H24N8O3S. The zero-order valence-corrected chi connectivity index (χ0v) is 20.0. The van der Waals surface area contributed by atoms with E-state index >= 15 is 0 Å². The van der Waals surface area contributed by atoms with Gasteiger partial charge in [0.15, 0.2) is 22.1 Å². The van der Waals surface area contributed by atoms with Crippen molar-refractivity contribution < 1.29 is 14.3 Å². The number of benzene rings is 1. The minimum atomic E-state index is -0.181.